The molecule has 2 rings (SSSR count). The Morgan fingerprint density at radius 1 is 1.64 bits per heavy atom. The van der Waals surface area contributed by atoms with Crippen LogP contribution in [0.15, 0.2) is 18.3 Å². The molecule has 0 spiro atoms. The summed E-state index contributed by atoms with van der Waals surface area (Å²) in [5, 5.41) is 3.33. The Kier molecular flexibility index (Phi) is 3.49. The van der Waals surface area contributed by atoms with Gasteiger partial charge in [0.2, 0.25) is 0 Å². The number of hydrogen-bond acceptors (Lipinski definition) is 3. The van der Waals surface area contributed by atoms with Crippen molar-refractivity contribution in [2.45, 2.75) is 18.9 Å². The van der Waals surface area contributed by atoms with E-state index in [1.807, 2.05) is 12.1 Å². The van der Waals surface area contributed by atoms with Gasteiger partial charge in [0, 0.05) is 19.3 Å². The summed E-state index contributed by atoms with van der Waals surface area (Å²) < 4.78 is 5.61. The molecule has 0 saturated carbocycles. The van der Waals surface area contributed by atoms with Crippen LogP contribution in [-0.2, 0) is 11.2 Å². The number of ether oxygens (including phenoxy) is 1. The zero-order valence-corrected chi connectivity index (χ0v) is 8.20. The van der Waals surface area contributed by atoms with E-state index in [0.29, 0.717) is 6.10 Å². The molecule has 14 heavy (non-hydrogen) atoms. The van der Waals surface area contributed by atoms with Gasteiger partial charge in [0.25, 0.3) is 0 Å². The SMILES string of the molecule is [c]1cc(CC[C@H]2CNCCO2)ccn1. The lowest BCUT2D eigenvalue weighted by Crippen LogP contribution is -2.38. The van der Waals surface area contributed by atoms with Crippen LogP contribution < -0.4 is 5.32 Å². The van der Waals surface area contributed by atoms with Crippen molar-refractivity contribution in [3.8, 4) is 0 Å². The third-order valence-corrected chi connectivity index (χ3v) is 2.45. The summed E-state index contributed by atoms with van der Waals surface area (Å²) in [4.78, 5) is 3.87. The highest BCUT2D eigenvalue weighted by Gasteiger charge is 2.12. The lowest BCUT2D eigenvalue weighted by Gasteiger charge is -2.23. The number of nitrogens with one attached hydrogen (secondary N) is 1. The highest BCUT2D eigenvalue weighted by Crippen LogP contribution is 2.07. The molecule has 1 fully saturated rings. The molecule has 1 aliphatic heterocycles. The van der Waals surface area contributed by atoms with Crippen molar-refractivity contribution in [3.63, 3.8) is 0 Å². The number of morpholine rings is 1. The minimum atomic E-state index is 0.372. The van der Waals surface area contributed by atoms with Gasteiger partial charge in [0.05, 0.1) is 18.9 Å². The third-order valence-electron chi connectivity index (χ3n) is 2.45. The number of hydrogen-bond donors (Lipinski definition) is 1. The fourth-order valence-corrected chi connectivity index (χ4v) is 1.63. The van der Waals surface area contributed by atoms with Crippen LogP contribution in [0, 0.1) is 6.20 Å². The summed E-state index contributed by atoms with van der Waals surface area (Å²) >= 11 is 0. The predicted octanol–water partition coefficient (Wildman–Crippen LogP) is 0.803. The van der Waals surface area contributed by atoms with Gasteiger partial charge in [-0.3, -0.25) is 4.98 Å². The minimum absolute atomic E-state index is 0.372. The smallest absolute Gasteiger partial charge is 0.0888 e. The van der Waals surface area contributed by atoms with E-state index in [0.717, 1.165) is 32.5 Å². The number of pyridine rings is 1. The van der Waals surface area contributed by atoms with Crippen LogP contribution in [0.25, 0.3) is 0 Å². The Morgan fingerprint density at radius 2 is 2.64 bits per heavy atom. The zero-order chi connectivity index (χ0) is 9.64. The van der Waals surface area contributed by atoms with E-state index in [4.69, 9.17) is 4.74 Å². The third kappa shape index (κ3) is 2.79. The summed E-state index contributed by atoms with van der Waals surface area (Å²) in [6, 6.07) is 3.98. The van der Waals surface area contributed by atoms with Crippen LogP contribution in [0.2, 0.25) is 0 Å². The van der Waals surface area contributed by atoms with Crippen LogP contribution in [0.3, 0.4) is 0 Å². The summed E-state index contributed by atoms with van der Waals surface area (Å²) in [5.41, 5.74) is 1.29. The lowest BCUT2D eigenvalue weighted by molar-refractivity contribution is 0.0238. The standard InChI is InChI=1S/C11H15N2O/c1(10-3-5-12-6-4-10)2-11-9-13-7-8-14-11/h3-5,11,13H,1-2,7-9H2/t11-/m0/s1. The molecule has 3 heteroatoms. The molecule has 0 unspecified atom stereocenters. The summed E-state index contributed by atoms with van der Waals surface area (Å²) in [6.45, 7) is 2.81. The van der Waals surface area contributed by atoms with E-state index in [1.165, 1.54) is 5.56 Å². The number of aryl methyl sites for hydroxylation is 1. The van der Waals surface area contributed by atoms with Gasteiger partial charge in [-0.2, -0.15) is 0 Å². The molecule has 1 aromatic rings. The highest BCUT2D eigenvalue weighted by molar-refractivity contribution is 5.09. The number of aromatic nitrogens is 1. The van der Waals surface area contributed by atoms with Crippen molar-refractivity contribution in [2.75, 3.05) is 19.7 Å². The monoisotopic (exact) mass is 191 g/mol. The van der Waals surface area contributed by atoms with Gasteiger partial charge in [0.1, 0.15) is 0 Å². The van der Waals surface area contributed by atoms with Crippen molar-refractivity contribution < 1.29 is 4.74 Å². The lowest BCUT2D eigenvalue weighted by atomic mass is 10.1. The first-order valence-electron chi connectivity index (χ1n) is 5.08. The fourth-order valence-electron chi connectivity index (χ4n) is 1.63. The average molecular weight is 191 g/mol. The maximum Gasteiger partial charge on any atom is 0.0888 e. The maximum absolute atomic E-state index is 5.61. The van der Waals surface area contributed by atoms with Crippen LogP contribution in [0.5, 0.6) is 0 Å². The van der Waals surface area contributed by atoms with Gasteiger partial charge >= 0.3 is 0 Å². The molecule has 0 amide bonds. The molecule has 0 aliphatic carbocycles. The number of nitrogens with zero attached hydrogens (tertiary/aromatic N) is 1. The largest absolute Gasteiger partial charge is 0.376 e. The molecular weight excluding hydrogens is 176 g/mol. The van der Waals surface area contributed by atoms with E-state index >= 15 is 0 Å². The van der Waals surface area contributed by atoms with Crippen LogP contribution in [-0.4, -0.2) is 30.8 Å². The molecule has 1 aromatic heterocycles. The molecular formula is C11H15N2O. The zero-order valence-electron chi connectivity index (χ0n) is 8.20. The van der Waals surface area contributed by atoms with E-state index in [1.54, 1.807) is 6.20 Å². The predicted molar refractivity (Wildman–Crippen MR) is 54.0 cm³/mol. The van der Waals surface area contributed by atoms with Gasteiger partial charge in [-0.1, -0.05) is 0 Å². The molecule has 0 bridgehead atoms. The first-order valence-corrected chi connectivity index (χ1v) is 5.08. The molecule has 1 saturated heterocycles. The van der Waals surface area contributed by atoms with E-state index in [2.05, 4.69) is 16.5 Å². The molecule has 75 valence electrons. The molecule has 2 heterocycles. The normalized spacial score (nSPS) is 22.1. The van der Waals surface area contributed by atoms with Crippen molar-refractivity contribution in [2.24, 2.45) is 0 Å². The Labute approximate surface area is 84.5 Å². The first kappa shape index (κ1) is 9.62. The second-order valence-electron chi connectivity index (χ2n) is 3.53. The van der Waals surface area contributed by atoms with Crippen molar-refractivity contribution >= 4 is 0 Å². The topological polar surface area (TPSA) is 34.1 Å². The van der Waals surface area contributed by atoms with Crippen molar-refractivity contribution in [1.29, 1.82) is 0 Å². The van der Waals surface area contributed by atoms with Crippen molar-refractivity contribution in [1.82, 2.24) is 10.3 Å². The minimum Gasteiger partial charge on any atom is -0.376 e. The summed E-state index contributed by atoms with van der Waals surface area (Å²) in [6.07, 6.45) is 7.12. The molecule has 1 radical (unpaired) electrons. The van der Waals surface area contributed by atoms with Crippen molar-refractivity contribution in [3.05, 3.63) is 30.1 Å². The van der Waals surface area contributed by atoms with E-state index < -0.39 is 0 Å². The van der Waals surface area contributed by atoms with E-state index in [-0.39, 0.29) is 0 Å². The van der Waals surface area contributed by atoms with Gasteiger partial charge < -0.3 is 10.1 Å². The highest BCUT2D eigenvalue weighted by atomic mass is 16.5. The molecule has 0 aromatic carbocycles. The maximum atomic E-state index is 5.61. The number of rotatable bonds is 3. The van der Waals surface area contributed by atoms with Gasteiger partial charge in [0.15, 0.2) is 0 Å². The molecule has 1 N–H and O–H groups in total. The first-order chi connectivity index (χ1) is 6.95. The molecule has 1 aliphatic rings. The molecule has 3 nitrogen and oxygen atoms in total. The van der Waals surface area contributed by atoms with Gasteiger partial charge in [-0.05, 0) is 30.5 Å². The Balaban J connectivity index is 1.76. The van der Waals surface area contributed by atoms with Crippen LogP contribution in [0.4, 0.5) is 0 Å². The van der Waals surface area contributed by atoms with Crippen LogP contribution >= 0.6 is 0 Å². The Hall–Kier alpha value is -0.930. The quantitative estimate of drug-likeness (QED) is 0.767. The second-order valence-corrected chi connectivity index (χ2v) is 3.53. The fraction of sp³-hybridized carbons (Fsp3) is 0.545. The molecule has 1 atom stereocenters. The van der Waals surface area contributed by atoms with E-state index in [9.17, 15) is 0 Å². The van der Waals surface area contributed by atoms with Gasteiger partial charge in [-0.15, -0.1) is 0 Å². The Morgan fingerprint density at radius 3 is 3.36 bits per heavy atom. The average Bonchev–Trinajstić information content (AvgIpc) is 2.29. The summed E-state index contributed by atoms with van der Waals surface area (Å²) in [7, 11) is 0. The second kappa shape index (κ2) is 5.08. The van der Waals surface area contributed by atoms with Gasteiger partial charge in [-0.25, -0.2) is 0 Å². The van der Waals surface area contributed by atoms with Crippen LogP contribution in [0.1, 0.15) is 12.0 Å². The summed E-state index contributed by atoms with van der Waals surface area (Å²) in [5.74, 6) is 0. The Bertz CT molecular complexity index is 257.